The van der Waals surface area contributed by atoms with E-state index < -0.39 is 0 Å². The summed E-state index contributed by atoms with van der Waals surface area (Å²) in [5.41, 5.74) is 3.95. The molecule has 0 aliphatic carbocycles. The van der Waals surface area contributed by atoms with E-state index in [1.807, 2.05) is 124 Å². The van der Waals surface area contributed by atoms with Crippen LogP contribution in [0.15, 0.2) is 122 Å². The zero-order valence-electron chi connectivity index (χ0n) is 31.9. The van der Waals surface area contributed by atoms with Crippen LogP contribution < -0.4 is 0 Å². The average Bonchev–Trinajstić information content (AvgIpc) is 3.83. The van der Waals surface area contributed by atoms with Gasteiger partial charge in [0.1, 0.15) is 17.8 Å². The molecule has 0 atom stereocenters. The van der Waals surface area contributed by atoms with Gasteiger partial charge in [0, 0.05) is 31.0 Å². The normalized spacial score (nSPS) is 8.13. The quantitative estimate of drug-likeness (QED) is 0.150. The molecule has 0 saturated heterocycles. The number of aryl methyl sites for hydroxylation is 2. The third-order valence-corrected chi connectivity index (χ3v) is 7.08. The number of nitrogens with zero attached hydrogens (tertiary/aromatic N) is 8. The highest BCUT2D eigenvalue weighted by atomic mass is 32.1. The van der Waals surface area contributed by atoms with E-state index in [1.165, 1.54) is 15.6 Å². The zero-order chi connectivity index (χ0) is 39.4. The maximum atomic E-state index is 8.26. The van der Waals surface area contributed by atoms with Crippen molar-refractivity contribution in [2.45, 2.75) is 69.2 Å². The van der Waals surface area contributed by atoms with Crippen molar-refractivity contribution in [3.05, 3.63) is 149 Å². The van der Waals surface area contributed by atoms with Gasteiger partial charge in [-0.05, 0) is 74.5 Å². The minimum Gasteiger partial charge on any atom is -0.265 e. The lowest BCUT2D eigenvalue weighted by molar-refractivity contribution is 1.26. The number of hydrogen-bond acceptors (Lipinski definition) is 10. The molecule has 0 aliphatic rings. The number of hydrogen-bond donors (Lipinski definition) is 0. The lowest BCUT2D eigenvalue weighted by Crippen LogP contribution is -1.75. The predicted molar refractivity (Wildman–Crippen MR) is 221 cm³/mol. The van der Waals surface area contributed by atoms with Gasteiger partial charge in [-0.15, -0.1) is 22.7 Å². The fraction of sp³-hybridized carbons (Fsp3) is 0.238. The van der Waals surface area contributed by atoms with Gasteiger partial charge in [0.15, 0.2) is 0 Å². The molecule has 0 aliphatic heterocycles. The molecule has 7 rings (SSSR count). The van der Waals surface area contributed by atoms with Crippen molar-refractivity contribution in [2.24, 2.45) is 0 Å². The number of pyridine rings is 3. The first-order chi connectivity index (χ1) is 25.5. The summed E-state index contributed by atoms with van der Waals surface area (Å²) in [7, 11) is 0. The second-order valence-corrected chi connectivity index (χ2v) is 10.9. The van der Waals surface area contributed by atoms with Gasteiger partial charge in [0.2, 0.25) is 0 Å². The van der Waals surface area contributed by atoms with Gasteiger partial charge in [-0.2, -0.15) is 15.8 Å². The van der Waals surface area contributed by atoms with Crippen LogP contribution in [0.1, 0.15) is 82.2 Å². The fourth-order valence-electron chi connectivity index (χ4n) is 3.26. The minimum atomic E-state index is 0.465. The molecule has 8 nitrogen and oxygen atoms in total. The van der Waals surface area contributed by atoms with E-state index in [1.54, 1.807) is 89.9 Å². The maximum Gasteiger partial charge on any atom is 0.140 e. The standard InChI is InChI=1S/2C8H7NS.3C6H4N2.4C2H6/c2*1-6-9-7-4-2-3-5-8(7)10-6;7-5-6-1-3-8-4-2-6;7-4-6-2-1-3-8-5-6;7-5-6-3-1-2-4-8-6;4*1-2/h2*2-5H,1H3;1-4H;1-3,5H;1-4H;4*1-2H3. The molecule has 52 heavy (non-hydrogen) atoms. The summed E-state index contributed by atoms with van der Waals surface area (Å²) in [6.07, 6.45) is 7.95. The van der Waals surface area contributed by atoms with Crippen LogP contribution >= 0.6 is 22.7 Å². The molecule has 0 spiro atoms. The van der Waals surface area contributed by atoms with Crippen molar-refractivity contribution in [3.63, 3.8) is 0 Å². The van der Waals surface area contributed by atoms with Crippen molar-refractivity contribution >= 4 is 43.1 Å². The van der Waals surface area contributed by atoms with Crippen LogP contribution in [-0.2, 0) is 0 Å². The highest BCUT2D eigenvalue weighted by Crippen LogP contribution is 2.20. The van der Waals surface area contributed by atoms with Gasteiger partial charge in [-0.25, -0.2) is 15.0 Å². The van der Waals surface area contributed by atoms with Gasteiger partial charge < -0.3 is 0 Å². The van der Waals surface area contributed by atoms with E-state index in [2.05, 4.69) is 37.1 Å². The molecule has 5 heterocycles. The van der Waals surface area contributed by atoms with Crippen molar-refractivity contribution in [2.75, 3.05) is 0 Å². The second-order valence-electron chi connectivity index (χ2n) is 8.43. The Labute approximate surface area is 318 Å². The molecule has 0 N–H and O–H groups in total. The van der Waals surface area contributed by atoms with E-state index in [0.29, 0.717) is 16.8 Å². The smallest absolute Gasteiger partial charge is 0.140 e. The first kappa shape index (κ1) is 48.3. The number of para-hydroxylation sites is 2. The van der Waals surface area contributed by atoms with E-state index >= 15 is 0 Å². The van der Waals surface area contributed by atoms with Crippen LogP contribution in [0.5, 0.6) is 0 Å². The summed E-state index contributed by atoms with van der Waals surface area (Å²) in [6.45, 7) is 20.1. The molecule has 5 aromatic heterocycles. The van der Waals surface area contributed by atoms with Gasteiger partial charge in [-0.1, -0.05) is 85.7 Å². The summed E-state index contributed by atoms with van der Waals surface area (Å²) in [5, 5.41) is 27.0. The van der Waals surface area contributed by atoms with E-state index in [4.69, 9.17) is 15.8 Å². The van der Waals surface area contributed by atoms with E-state index in [-0.39, 0.29) is 0 Å². The number of aromatic nitrogens is 5. The van der Waals surface area contributed by atoms with E-state index in [0.717, 1.165) is 21.0 Å². The minimum absolute atomic E-state index is 0.465. The van der Waals surface area contributed by atoms with Crippen molar-refractivity contribution in [3.8, 4) is 18.2 Å². The Morgan fingerprint density at radius 3 is 1.27 bits per heavy atom. The first-order valence-corrected chi connectivity index (χ1v) is 18.7. The number of nitriles is 3. The Bertz CT molecular complexity index is 1720. The molecule has 0 radical (unpaired) electrons. The van der Waals surface area contributed by atoms with Gasteiger partial charge in [0.25, 0.3) is 0 Å². The third kappa shape index (κ3) is 21.3. The topological polar surface area (TPSA) is 136 Å². The number of rotatable bonds is 0. The molecule has 7 aromatic rings. The number of fused-ring (bicyclic) bond motifs is 2. The Hall–Kier alpha value is -5.86. The summed E-state index contributed by atoms with van der Waals surface area (Å²) in [4.78, 5) is 19.9. The highest BCUT2D eigenvalue weighted by molar-refractivity contribution is 7.18. The zero-order valence-corrected chi connectivity index (χ0v) is 33.6. The van der Waals surface area contributed by atoms with Crippen LogP contribution in [0, 0.1) is 47.8 Å². The SMILES string of the molecule is CC.CC.CC.CC.Cc1nc2ccccc2s1.Cc1nc2ccccc2s1.N#Cc1ccccn1.N#Cc1cccnc1.N#Cc1ccncc1. The van der Waals surface area contributed by atoms with Crippen LogP contribution in [0.25, 0.3) is 20.4 Å². The molecule has 0 amide bonds. The summed E-state index contributed by atoms with van der Waals surface area (Å²) in [6, 6.07) is 34.3. The van der Waals surface area contributed by atoms with Gasteiger partial charge in [0.05, 0.1) is 47.6 Å². The average molecular weight is 731 g/mol. The van der Waals surface area contributed by atoms with Crippen molar-refractivity contribution in [1.82, 2.24) is 24.9 Å². The van der Waals surface area contributed by atoms with Crippen LogP contribution in [0.4, 0.5) is 0 Å². The Morgan fingerprint density at radius 2 is 0.942 bits per heavy atom. The van der Waals surface area contributed by atoms with Crippen LogP contribution in [-0.4, -0.2) is 24.9 Å². The van der Waals surface area contributed by atoms with Gasteiger partial charge >= 0.3 is 0 Å². The molecular weight excluding hydrogens is 681 g/mol. The Kier molecular flexibility index (Phi) is 31.2. The second kappa shape index (κ2) is 33.6. The van der Waals surface area contributed by atoms with Crippen molar-refractivity contribution in [1.29, 1.82) is 15.8 Å². The molecule has 10 heteroatoms. The molecule has 0 saturated carbocycles. The number of thiazole rings is 2. The monoisotopic (exact) mass is 730 g/mol. The summed E-state index contributed by atoms with van der Waals surface area (Å²) >= 11 is 3.48. The molecule has 0 bridgehead atoms. The Balaban J connectivity index is 0. The molecule has 270 valence electrons. The lowest BCUT2D eigenvalue weighted by atomic mass is 10.3. The summed E-state index contributed by atoms with van der Waals surface area (Å²) < 4.78 is 2.56. The fourth-order valence-corrected chi connectivity index (χ4v) is 4.91. The third-order valence-electron chi connectivity index (χ3n) is 5.18. The van der Waals surface area contributed by atoms with Crippen LogP contribution in [0.3, 0.4) is 0 Å². The molecular formula is C42H50N8S2. The maximum absolute atomic E-state index is 8.26. The number of benzene rings is 2. The van der Waals surface area contributed by atoms with Gasteiger partial charge in [-0.3, -0.25) is 9.97 Å². The van der Waals surface area contributed by atoms with Crippen molar-refractivity contribution < 1.29 is 0 Å². The van der Waals surface area contributed by atoms with Crippen LogP contribution in [0.2, 0.25) is 0 Å². The highest BCUT2D eigenvalue weighted by Gasteiger charge is 1.96. The largest absolute Gasteiger partial charge is 0.265 e. The Morgan fingerprint density at radius 1 is 0.462 bits per heavy atom. The predicted octanol–water partition coefficient (Wildman–Crippen LogP) is 12.2. The molecule has 2 aromatic carbocycles. The lowest BCUT2D eigenvalue weighted by Gasteiger charge is -1.80. The molecule has 0 fully saturated rings. The summed E-state index contributed by atoms with van der Waals surface area (Å²) in [5.74, 6) is 0. The first-order valence-electron chi connectivity index (χ1n) is 17.1. The molecule has 0 unspecified atom stereocenters. The van der Waals surface area contributed by atoms with E-state index in [9.17, 15) is 0 Å².